The maximum absolute atomic E-state index is 12.2. The van der Waals surface area contributed by atoms with E-state index < -0.39 is 0 Å². The number of carbonyl (C=O) groups excluding carboxylic acids is 2. The van der Waals surface area contributed by atoms with Crippen molar-refractivity contribution in [2.45, 2.75) is 0 Å². The second-order valence-corrected chi connectivity index (χ2v) is 6.71. The first-order valence-corrected chi connectivity index (χ1v) is 8.70. The molecule has 2 aromatic rings. The van der Waals surface area contributed by atoms with Crippen LogP contribution in [0.15, 0.2) is 41.0 Å². The molecule has 1 aliphatic rings. The lowest BCUT2D eigenvalue weighted by Gasteiger charge is -2.31. The normalized spacial score (nSPS) is 15.2. The van der Waals surface area contributed by atoms with Gasteiger partial charge in [-0.3, -0.25) is 9.59 Å². The van der Waals surface area contributed by atoms with E-state index in [1.807, 2.05) is 0 Å². The maximum Gasteiger partial charge on any atom is 0.289 e. The van der Waals surface area contributed by atoms with Crippen LogP contribution in [0.3, 0.4) is 0 Å². The Morgan fingerprint density at radius 3 is 2.60 bits per heavy atom. The summed E-state index contributed by atoms with van der Waals surface area (Å²) in [7, 11) is 0. The molecule has 1 aromatic carbocycles. The molecule has 6 nitrogen and oxygen atoms in total. The molecular formula is C17H18Cl2N3O3+. The predicted octanol–water partition coefficient (Wildman–Crippen LogP) is 1.57. The molecular weight excluding hydrogens is 365 g/mol. The number of benzene rings is 1. The summed E-state index contributed by atoms with van der Waals surface area (Å²) >= 11 is 11.9. The lowest BCUT2D eigenvalue weighted by Crippen LogP contribution is -3.15. The van der Waals surface area contributed by atoms with Gasteiger partial charge in [-0.05, 0) is 30.3 Å². The Hall–Kier alpha value is -2.02. The first-order valence-electron chi connectivity index (χ1n) is 7.94. The molecule has 1 aromatic heterocycles. The molecule has 0 saturated carbocycles. The van der Waals surface area contributed by atoms with Gasteiger partial charge in [-0.1, -0.05) is 23.2 Å². The van der Waals surface area contributed by atoms with Gasteiger partial charge in [-0.25, -0.2) is 0 Å². The summed E-state index contributed by atoms with van der Waals surface area (Å²) in [6, 6.07) is 8.29. The van der Waals surface area contributed by atoms with E-state index >= 15 is 0 Å². The molecule has 8 heteroatoms. The van der Waals surface area contributed by atoms with E-state index in [9.17, 15) is 9.59 Å². The zero-order chi connectivity index (χ0) is 17.8. The molecule has 0 aliphatic carbocycles. The van der Waals surface area contributed by atoms with Gasteiger partial charge in [0.25, 0.3) is 11.8 Å². The van der Waals surface area contributed by atoms with Crippen molar-refractivity contribution in [1.29, 1.82) is 0 Å². The lowest BCUT2D eigenvalue weighted by molar-refractivity contribution is -0.895. The van der Waals surface area contributed by atoms with E-state index in [1.54, 1.807) is 35.2 Å². The average molecular weight is 383 g/mol. The molecule has 0 radical (unpaired) electrons. The Morgan fingerprint density at radius 1 is 1.20 bits per heavy atom. The van der Waals surface area contributed by atoms with Gasteiger partial charge < -0.3 is 19.5 Å². The highest BCUT2D eigenvalue weighted by Crippen LogP contribution is 2.25. The third kappa shape index (κ3) is 4.54. The molecule has 1 fully saturated rings. The first-order chi connectivity index (χ1) is 12.0. The van der Waals surface area contributed by atoms with E-state index in [0.29, 0.717) is 54.2 Å². The molecule has 132 valence electrons. The number of carbonyl (C=O) groups is 2. The minimum Gasteiger partial charge on any atom is -0.459 e. The van der Waals surface area contributed by atoms with Crippen LogP contribution in [-0.4, -0.2) is 49.4 Å². The number of furan rings is 1. The summed E-state index contributed by atoms with van der Waals surface area (Å²) in [5.41, 5.74) is 0.544. The Bertz CT molecular complexity index is 757. The minimum absolute atomic E-state index is 0.110. The monoisotopic (exact) mass is 382 g/mol. The highest BCUT2D eigenvalue weighted by Gasteiger charge is 2.27. The van der Waals surface area contributed by atoms with Gasteiger partial charge in [0, 0.05) is 5.02 Å². The topological polar surface area (TPSA) is 67.0 Å². The Labute approximate surface area is 155 Å². The summed E-state index contributed by atoms with van der Waals surface area (Å²) < 4.78 is 5.14. The quantitative estimate of drug-likeness (QED) is 0.843. The van der Waals surface area contributed by atoms with Gasteiger partial charge in [0.2, 0.25) is 0 Å². The van der Waals surface area contributed by atoms with Crippen LogP contribution in [0.4, 0.5) is 5.69 Å². The van der Waals surface area contributed by atoms with Crippen LogP contribution in [0.1, 0.15) is 10.6 Å². The maximum atomic E-state index is 12.2. The number of hydrogen-bond donors (Lipinski definition) is 2. The van der Waals surface area contributed by atoms with Crippen molar-refractivity contribution in [3.8, 4) is 0 Å². The van der Waals surface area contributed by atoms with Crippen molar-refractivity contribution in [3.05, 3.63) is 52.4 Å². The summed E-state index contributed by atoms with van der Waals surface area (Å²) in [6.45, 7) is 2.90. The molecule has 0 bridgehead atoms. The Balaban J connectivity index is 1.48. The number of anilines is 1. The van der Waals surface area contributed by atoms with Crippen LogP contribution in [-0.2, 0) is 4.79 Å². The SMILES string of the molecule is O=C(C[NH+]1CCN(C(=O)c2ccco2)CC1)Nc1ccc(Cl)cc1Cl. The number of hydrogen-bond acceptors (Lipinski definition) is 3. The smallest absolute Gasteiger partial charge is 0.289 e. The Morgan fingerprint density at radius 2 is 1.96 bits per heavy atom. The zero-order valence-electron chi connectivity index (χ0n) is 13.4. The fourth-order valence-electron chi connectivity index (χ4n) is 2.77. The highest BCUT2D eigenvalue weighted by atomic mass is 35.5. The molecule has 0 spiro atoms. The van der Waals surface area contributed by atoms with E-state index in [-0.39, 0.29) is 11.8 Å². The second kappa shape index (κ2) is 7.91. The molecule has 1 aliphatic heterocycles. The Kier molecular flexibility index (Phi) is 5.63. The third-order valence-electron chi connectivity index (χ3n) is 4.11. The number of halogens is 2. The predicted molar refractivity (Wildman–Crippen MR) is 95.3 cm³/mol. The van der Waals surface area contributed by atoms with Crippen LogP contribution in [0.25, 0.3) is 0 Å². The number of nitrogens with zero attached hydrogens (tertiary/aromatic N) is 1. The van der Waals surface area contributed by atoms with Crippen molar-refractivity contribution in [2.75, 3.05) is 38.0 Å². The standard InChI is InChI=1S/C17H17Cl2N3O3/c18-12-3-4-14(13(19)10-12)20-16(23)11-21-5-7-22(8-6-21)17(24)15-2-1-9-25-15/h1-4,9-10H,5-8,11H2,(H,20,23)/p+1. The summed E-state index contributed by atoms with van der Waals surface area (Å²) in [4.78, 5) is 27.3. The fourth-order valence-corrected chi connectivity index (χ4v) is 3.23. The summed E-state index contributed by atoms with van der Waals surface area (Å²) in [5, 5.41) is 3.72. The molecule has 0 atom stereocenters. The largest absolute Gasteiger partial charge is 0.459 e. The van der Waals surface area contributed by atoms with Gasteiger partial charge in [0.1, 0.15) is 0 Å². The summed E-state index contributed by atoms with van der Waals surface area (Å²) in [5.74, 6) is 0.116. The van der Waals surface area contributed by atoms with Crippen LogP contribution in [0, 0.1) is 0 Å². The van der Waals surface area contributed by atoms with Crippen molar-refractivity contribution in [2.24, 2.45) is 0 Å². The zero-order valence-corrected chi connectivity index (χ0v) is 14.9. The van der Waals surface area contributed by atoms with Crippen LogP contribution in [0.5, 0.6) is 0 Å². The van der Waals surface area contributed by atoms with Gasteiger partial charge >= 0.3 is 0 Å². The number of piperazine rings is 1. The number of nitrogens with one attached hydrogen (secondary N) is 2. The van der Waals surface area contributed by atoms with Gasteiger partial charge in [-0.2, -0.15) is 0 Å². The van der Waals surface area contributed by atoms with E-state index in [0.717, 1.165) is 4.90 Å². The lowest BCUT2D eigenvalue weighted by atomic mass is 10.2. The van der Waals surface area contributed by atoms with Gasteiger partial charge in [0.05, 0.1) is 43.2 Å². The number of quaternary nitrogens is 1. The van der Waals surface area contributed by atoms with Crippen molar-refractivity contribution in [3.63, 3.8) is 0 Å². The van der Waals surface area contributed by atoms with Crippen LogP contribution in [0.2, 0.25) is 10.0 Å². The van der Waals surface area contributed by atoms with E-state index in [2.05, 4.69) is 5.32 Å². The number of rotatable bonds is 4. The molecule has 0 unspecified atom stereocenters. The molecule has 2 amide bonds. The molecule has 2 heterocycles. The average Bonchev–Trinajstić information content (AvgIpc) is 3.12. The number of amides is 2. The van der Waals surface area contributed by atoms with Crippen molar-refractivity contribution in [1.82, 2.24) is 4.90 Å². The molecule has 2 N–H and O–H groups in total. The van der Waals surface area contributed by atoms with E-state index in [1.165, 1.54) is 6.26 Å². The summed E-state index contributed by atoms with van der Waals surface area (Å²) in [6.07, 6.45) is 1.49. The van der Waals surface area contributed by atoms with E-state index in [4.69, 9.17) is 27.6 Å². The molecule has 1 saturated heterocycles. The minimum atomic E-state index is -0.120. The second-order valence-electron chi connectivity index (χ2n) is 5.87. The highest BCUT2D eigenvalue weighted by molar-refractivity contribution is 6.36. The van der Waals surface area contributed by atoms with Gasteiger partial charge in [0.15, 0.2) is 12.3 Å². The van der Waals surface area contributed by atoms with Crippen LogP contribution >= 0.6 is 23.2 Å². The molecule has 25 heavy (non-hydrogen) atoms. The van der Waals surface area contributed by atoms with Crippen molar-refractivity contribution >= 4 is 40.7 Å². The van der Waals surface area contributed by atoms with Gasteiger partial charge in [-0.15, -0.1) is 0 Å². The van der Waals surface area contributed by atoms with Crippen molar-refractivity contribution < 1.29 is 18.9 Å². The molecule has 3 rings (SSSR count). The third-order valence-corrected chi connectivity index (χ3v) is 4.65. The fraction of sp³-hybridized carbons (Fsp3) is 0.294. The first kappa shape index (κ1) is 17.8. The van der Waals surface area contributed by atoms with Crippen LogP contribution < -0.4 is 10.2 Å².